The number of aryl methyl sites for hydroxylation is 2. The lowest BCUT2D eigenvalue weighted by Crippen LogP contribution is -2.24. The third-order valence-electron chi connectivity index (χ3n) is 4.50. The quantitative estimate of drug-likeness (QED) is 0.567. The minimum atomic E-state index is -0.0465. The summed E-state index contributed by atoms with van der Waals surface area (Å²) in [5.41, 5.74) is 4.10. The van der Waals surface area contributed by atoms with Crippen LogP contribution in [0.15, 0.2) is 53.9 Å². The van der Waals surface area contributed by atoms with E-state index in [4.69, 9.17) is 4.74 Å². The number of hydrogen-bond acceptors (Lipinski definition) is 5. The van der Waals surface area contributed by atoms with Gasteiger partial charge in [0.2, 0.25) is 5.91 Å². The predicted octanol–water partition coefficient (Wildman–Crippen LogP) is 4.45. The van der Waals surface area contributed by atoms with Crippen LogP contribution < -0.4 is 10.1 Å². The first-order chi connectivity index (χ1) is 14.0. The van der Waals surface area contributed by atoms with E-state index in [0.29, 0.717) is 13.0 Å². The number of ether oxygens (including phenoxy) is 1. The number of nitrogens with zero attached hydrogens (tertiary/aromatic N) is 2. The molecular weight excluding hydrogens is 382 g/mol. The molecule has 3 rings (SSSR count). The minimum absolute atomic E-state index is 0.0465. The molecule has 1 amide bonds. The van der Waals surface area contributed by atoms with Gasteiger partial charge in [-0.05, 0) is 44.7 Å². The maximum absolute atomic E-state index is 12.2. The molecule has 0 aliphatic heterocycles. The normalized spacial score (nSPS) is 10.9. The maximum atomic E-state index is 12.2. The van der Waals surface area contributed by atoms with Gasteiger partial charge in [-0.3, -0.25) is 9.69 Å². The number of benzene rings is 2. The Kier molecular flexibility index (Phi) is 7.38. The SMILES string of the molecule is Cc1ccc(NC(=O)Cc2nc(CN(C)CCOc3ccccc3C)cs2)cc1. The van der Waals surface area contributed by atoms with Gasteiger partial charge in [-0.25, -0.2) is 4.98 Å². The first-order valence-corrected chi connectivity index (χ1v) is 10.5. The van der Waals surface area contributed by atoms with Crippen molar-refractivity contribution >= 4 is 22.9 Å². The molecule has 1 heterocycles. The maximum Gasteiger partial charge on any atom is 0.231 e. The van der Waals surface area contributed by atoms with Crippen molar-refractivity contribution in [3.05, 3.63) is 75.7 Å². The van der Waals surface area contributed by atoms with Gasteiger partial charge in [-0.1, -0.05) is 35.9 Å². The number of thiazole rings is 1. The Balaban J connectivity index is 1.42. The van der Waals surface area contributed by atoms with Crippen molar-refractivity contribution in [3.8, 4) is 5.75 Å². The lowest BCUT2D eigenvalue weighted by atomic mass is 10.2. The Morgan fingerprint density at radius 2 is 1.90 bits per heavy atom. The minimum Gasteiger partial charge on any atom is -0.492 e. The van der Waals surface area contributed by atoms with Gasteiger partial charge in [0.1, 0.15) is 17.4 Å². The fraction of sp³-hybridized carbons (Fsp3) is 0.304. The van der Waals surface area contributed by atoms with Crippen LogP contribution in [0, 0.1) is 13.8 Å². The Morgan fingerprint density at radius 1 is 1.14 bits per heavy atom. The molecule has 0 radical (unpaired) electrons. The number of carbonyl (C=O) groups is 1. The highest BCUT2D eigenvalue weighted by atomic mass is 32.1. The van der Waals surface area contributed by atoms with E-state index in [1.165, 1.54) is 16.9 Å². The second-order valence-corrected chi connectivity index (χ2v) is 8.12. The largest absolute Gasteiger partial charge is 0.492 e. The number of nitrogens with one attached hydrogen (secondary N) is 1. The molecule has 0 unspecified atom stereocenters. The van der Waals surface area contributed by atoms with Crippen molar-refractivity contribution in [2.45, 2.75) is 26.8 Å². The van der Waals surface area contributed by atoms with Gasteiger partial charge in [0, 0.05) is 24.2 Å². The van der Waals surface area contributed by atoms with Crippen LogP contribution in [-0.4, -0.2) is 36.0 Å². The van der Waals surface area contributed by atoms with E-state index in [1.807, 2.05) is 74.8 Å². The molecule has 0 fully saturated rings. The Morgan fingerprint density at radius 3 is 2.66 bits per heavy atom. The zero-order valence-corrected chi connectivity index (χ0v) is 18.0. The first kappa shape index (κ1) is 21.0. The van der Waals surface area contributed by atoms with Crippen LogP contribution in [0.2, 0.25) is 0 Å². The number of para-hydroxylation sites is 1. The van der Waals surface area contributed by atoms with E-state index in [2.05, 4.69) is 15.2 Å². The molecule has 1 N–H and O–H groups in total. The highest BCUT2D eigenvalue weighted by Gasteiger charge is 2.10. The molecule has 152 valence electrons. The van der Waals surface area contributed by atoms with Gasteiger partial charge in [-0.2, -0.15) is 0 Å². The Hall–Kier alpha value is -2.70. The van der Waals surface area contributed by atoms with E-state index < -0.39 is 0 Å². The average molecular weight is 410 g/mol. The smallest absolute Gasteiger partial charge is 0.231 e. The van der Waals surface area contributed by atoms with Gasteiger partial charge >= 0.3 is 0 Å². The molecule has 0 saturated heterocycles. The van der Waals surface area contributed by atoms with Gasteiger partial charge < -0.3 is 10.1 Å². The summed E-state index contributed by atoms with van der Waals surface area (Å²) in [5, 5.41) is 5.77. The van der Waals surface area contributed by atoms with Crippen LogP contribution in [0.4, 0.5) is 5.69 Å². The number of amides is 1. The summed E-state index contributed by atoms with van der Waals surface area (Å²) in [4.78, 5) is 19.0. The molecule has 5 nitrogen and oxygen atoms in total. The average Bonchev–Trinajstić information content (AvgIpc) is 3.11. The number of aromatic nitrogens is 1. The molecule has 1 aromatic heterocycles. The predicted molar refractivity (Wildman–Crippen MR) is 119 cm³/mol. The van der Waals surface area contributed by atoms with Crippen molar-refractivity contribution in [2.75, 3.05) is 25.5 Å². The van der Waals surface area contributed by atoms with E-state index in [-0.39, 0.29) is 5.91 Å². The highest BCUT2D eigenvalue weighted by Crippen LogP contribution is 2.17. The molecule has 0 saturated carbocycles. The summed E-state index contributed by atoms with van der Waals surface area (Å²) < 4.78 is 5.85. The summed E-state index contributed by atoms with van der Waals surface area (Å²) in [7, 11) is 2.05. The van der Waals surface area contributed by atoms with E-state index >= 15 is 0 Å². The third kappa shape index (κ3) is 6.69. The standard InChI is InChI=1S/C23H27N3O2S/c1-17-8-10-19(11-9-17)24-22(27)14-23-25-20(16-29-23)15-26(3)12-13-28-21-7-5-4-6-18(21)2/h4-11,16H,12-15H2,1-3H3,(H,24,27). The molecule has 29 heavy (non-hydrogen) atoms. The van der Waals surface area contributed by atoms with Crippen LogP contribution in [0.3, 0.4) is 0 Å². The zero-order valence-electron chi connectivity index (χ0n) is 17.1. The van der Waals surface area contributed by atoms with Crippen LogP contribution in [-0.2, 0) is 17.8 Å². The first-order valence-electron chi connectivity index (χ1n) is 9.66. The summed E-state index contributed by atoms with van der Waals surface area (Å²) in [6.07, 6.45) is 0.290. The molecule has 0 bridgehead atoms. The van der Waals surface area contributed by atoms with E-state index in [1.54, 1.807) is 0 Å². The molecule has 6 heteroatoms. The monoisotopic (exact) mass is 409 g/mol. The molecule has 3 aromatic rings. The van der Waals surface area contributed by atoms with Crippen molar-refractivity contribution in [2.24, 2.45) is 0 Å². The molecule has 0 atom stereocenters. The zero-order chi connectivity index (χ0) is 20.6. The van der Waals surface area contributed by atoms with Gasteiger partial charge in [-0.15, -0.1) is 11.3 Å². The second-order valence-electron chi connectivity index (χ2n) is 7.18. The van der Waals surface area contributed by atoms with Crippen LogP contribution >= 0.6 is 11.3 Å². The molecular formula is C23H27N3O2S. The lowest BCUT2D eigenvalue weighted by Gasteiger charge is -2.16. The third-order valence-corrected chi connectivity index (χ3v) is 5.40. The van der Waals surface area contributed by atoms with E-state index in [9.17, 15) is 4.79 Å². The number of anilines is 1. The molecule has 0 aliphatic carbocycles. The van der Waals surface area contributed by atoms with Crippen molar-refractivity contribution in [1.82, 2.24) is 9.88 Å². The summed E-state index contributed by atoms with van der Waals surface area (Å²) in [6, 6.07) is 15.8. The van der Waals surface area contributed by atoms with Crippen molar-refractivity contribution in [1.29, 1.82) is 0 Å². The molecule has 0 spiro atoms. The van der Waals surface area contributed by atoms with Crippen molar-refractivity contribution in [3.63, 3.8) is 0 Å². The fourth-order valence-electron chi connectivity index (χ4n) is 2.87. The van der Waals surface area contributed by atoms with Crippen LogP contribution in [0.25, 0.3) is 0 Å². The number of carbonyl (C=O) groups excluding carboxylic acids is 1. The number of rotatable bonds is 9. The van der Waals surface area contributed by atoms with Crippen LogP contribution in [0.1, 0.15) is 21.8 Å². The summed E-state index contributed by atoms with van der Waals surface area (Å²) in [5.74, 6) is 0.881. The summed E-state index contributed by atoms with van der Waals surface area (Å²) >= 11 is 1.53. The number of likely N-dealkylation sites (N-methyl/N-ethyl adjacent to an activating group) is 1. The number of hydrogen-bond donors (Lipinski definition) is 1. The topological polar surface area (TPSA) is 54.5 Å². The fourth-order valence-corrected chi connectivity index (χ4v) is 3.65. The van der Waals surface area contributed by atoms with Gasteiger partial charge in [0.05, 0.1) is 12.1 Å². The highest BCUT2D eigenvalue weighted by molar-refractivity contribution is 7.09. The molecule has 2 aromatic carbocycles. The summed E-state index contributed by atoms with van der Waals surface area (Å²) in [6.45, 7) is 6.22. The Bertz CT molecular complexity index is 937. The second kappa shape index (κ2) is 10.2. The van der Waals surface area contributed by atoms with Gasteiger partial charge in [0.15, 0.2) is 0 Å². The van der Waals surface area contributed by atoms with Crippen molar-refractivity contribution < 1.29 is 9.53 Å². The van der Waals surface area contributed by atoms with Gasteiger partial charge in [0.25, 0.3) is 0 Å². The van der Waals surface area contributed by atoms with Crippen LogP contribution in [0.5, 0.6) is 5.75 Å². The lowest BCUT2D eigenvalue weighted by molar-refractivity contribution is -0.115. The molecule has 0 aliphatic rings. The van der Waals surface area contributed by atoms with E-state index in [0.717, 1.165) is 40.8 Å². The Labute approximate surface area is 176 Å².